The van der Waals surface area contributed by atoms with Crippen molar-refractivity contribution in [2.75, 3.05) is 31.5 Å². The molecule has 12 heteroatoms. The van der Waals surface area contributed by atoms with Crippen LogP contribution in [0.15, 0.2) is 48.8 Å². The third-order valence-corrected chi connectivity index (χ3v) is 4.90. The summed E-state index contributed by atoms with van der Waals surface area (Å²) in [5, 5.41) is 14.9. The highest BCUT2D eigenvalue weighted by atomic mass is 35.5. The molecule has 0 fully saturated rings. The fourth-order valence-corrected chi connectivity index (χ4v) is 3.18. The molecule has 3 N–H and O–H groups in total. The Kier molecular flexibility index (Phi) is 7.82. The number of hydrogen-bond donors (Lipinski definition) is 3. The minimum Gasteiger partial charge on any atom is -0.493 e. The summed E-state index contributed by atoms with van der Waals surface area (Å²) in [5.74, 6) is 0.449. The lowest BCUT2D eigenvalue weighted by Crippen LogP contribution is -2.30. The van der Waals surface area contributed by atoms with Crippen LogP contribution in [-0.2, 0) is 6.42 Å². The lowest BCUT2D eigenvalue weighted by atomic mass is 10.1. The summed E-state index contributed by atoms with van der Waals surface area (Å²) in [7, 11) is 3.10. The van der Waals surface area contributed by atoms with Crippen molar-refractivity contribution in [1.29, 1.82) is 0 Å². The second-order valence-electron chi connectivity index (χ2n) is 6.60. The number of nitro groups is 1. The number of benzene rings is 2. The first-order valence-electron chi connectivity index (χ1n) is 9.69. The Labute approximate surface area is 194 Å². The second-order valence-corrected chi connectivity index (χ2v) is 7.01. The Bertz CT molecular complexity index is 1160. The number of methoxy groups -OCH3 is 2. The quantitative estimate of drug-likeness (QED) is 0.298. The maximum atomic E-state index is 12.3. The van der Waals surface area contributed by atoms with Gasteiger partial charge in [-0.3, -0.25) is 25.8 Å². The number of nitrogens with one attached hydrogen (secondary N) is 3. The molecular formula is C21H21ClN6O5. The normalized spacial score (nSPS) is 10.3. The third-order valence-electron chi connectivity index (χ3n) is 4.57. The number of halogens is 1. The summed E-state index contributed by atoms with van der Waals surface area (Å²) >= 11 is 6.00. The molecule has 3 rings (SSSR count). The standard InChI is InChI=1S/C21H21ClN6O5/c1-32-16-8-7-13(11-17(16)33-2)9-10-23-19-18(28(30)31)20(25-12-24-19)26-27-21(29)14-5-3-4-6-15(14)22/h3-8,11-12H,9-10H2,1-2H3,(H,27,29)(H2,23,24,25,26). The smallest absolute Gasteiger partial charge is 0.354 e. The van der Waals surface area contributed by atoms with Gasteiger partial charge in [-0.2, -0.15) is 0 Å². The van der Waals surface area contributed by atoms with Crippen LogP contribution in [0, 0.1) is 10.1 Å². The van der Waals surface area contributed by atoms with Crippen LogP contribution >= 0.6 is 11.6 Å². The SMILES string of the molecule is COc1ccc(CCNc2ncnc(NNC(=O)c3ccccc3Cl)c2[N+](=O)[O-])cc1OC. The topological polar surface area (TPSA) is 141 Å². The minimum atomic E-state index is -0.636. The van der Waals surface area contributed by atoms with E-state index in [4.69, 9.17) is 21.1 Å². The van der Waals surface area contributed by atoms with Crippen LogP contribution in [0.2, 0.25) is 5.02 Å². The number of anilines is 2. The predicted molar refractivity (Wildman–Crippen MR) is 123 cm³/mol. The Morgan fingerprint density at radius 2 is 1.82 bits per heavy atom. The van der Waals surface area contributed by atoms with Crippen molar-refractivity contribution >= 4 is 34.8 Å². The minimum absolute atomic E-state index is 0.00460. The molecule has 1 aromatic heterocycles. The molecule has 0 aliphatic heterocycles. The van der Waals surface area contributed by atoms with E-state index in [2.05, 4.69) is 26.1 Å². The fraction of sp³-hybridized carbons (Fsp3) is 0.190. The number of nitrogens with zero attached hydrogens (tertiary/aromatic N) is 3. The molecule has 0 aliphatic rings. The van der Waals surface area contributed by atoms with E-state index < -0.39 is 16.5 Å². The largest absolute Gasteiger partial charge is 0.493 e. The first kappa shape index (κ1) is 23.5. The monoisotopic (exact) mass is 472 g/mol. The first-order chi connectivity index (χ1) is 15.9. The van der Waals surface area contributed by atoms with Gasteiger partial charge >= 0.3 is 5.69 Å². The number of ether oxygens (including phenoxy) is 2. The third kappa shape index (κ3) is 5.77. The van der Waals surface area contributed by atoms with Gasteiger partial charge in [-0.25, -0.2) is 9.97 Å². The van der Waals surface area contributed by atoms with E-state index in [9.17, 15) is 14.9 Å². The maximum absolute atomic E-state index is 12.3. The number of amides is 1. The molecule has 2 aromatic carbocycles. The van der Waals surface area contributed by atoms with E-state index in [-0.39, 0.29) is 22.2 Å². The maximum Gasteiger partial charge on any atom is 0.354 e. The van der Waals surface area contributed by atoms with Crippen molar-refractivity contribution in [1.82, 2.24) is 15.4 Å². The molecule has 11 nitrogen and oxygen atoms in total. The molecule has 0 aliphatic carbocycles. The molecular weight excluding hydrogens is 452 g/mol. The van der Waals surface area contributed by atoms with Gasteiger partial charge in [0.1, 0.15) is 6.33 Å². The number of aromatic nitrogens is 2. The van der Waals surface area contributed by atoms with Gasteiger partial charge in [0.15, 0.2) is 11.5 Å². The zero-order valence-corrected chi connectivity index (χ0v) is 18.5. The lowest BCUT2D eigenvalue weighted by Gasteiger charge is -2.12. The predicted octanol–water partition coefficient (Wildman–Crippen LogP) is 3.47. The van der Waals surface area contributed by atoms with E-state index in [0.29, 0.717) is 24.5 Å². The lowest BCUT2D eigenvalue weighted by molar-refractivity contribution is -0.383. The van der Waals surface area contributed by atoms with E-state index >= 15 is 0 Å². The number of hydrazine groups is 1. The van der Waals surface area contributed by atoms with Crippen molar-refractivity contribution in [3.8, 4) is 11.5 Å². The molecule has 0 saturated heterocycles. The molecule has 172 valence electrons. The molecule has 0 bridgehead atoms. The number of hydrogen-bond acceptors (Lipinski definition) is 9. The Hall–Kier alpha value is -4.12. The second kappa shape index (κ2) is 11.0. The fourth-order valence-electron chi connectivity index (χ4n) is 2.96. The molecule has 3 aromatic rings. The molecule has 0 atom stereocenters. The molecule has 0 radical (unpaired) electrons. The van der Waals surface area contributed by atoms with Gasteiger partial charge < -0.3 is 14.8 Å². The van der Waals surface area contributed by atoms with Crippen molar-refractivity contribution in [2.45, 2.75) is 6.42 Å². The van der Waals surface area contributed by atoms with Gasteiger partial charge in [-0.05, 0) is 36.2 Å². The summed E-state index contributed by atoms with van der Waals surface area (Å²) in [4.78, 5) is 31.2. The van der Waals surface area contributed by atoms with Crippen LogP contribution in [0.5, 0.6) is 11.5 Å². The molecule has 33 heavy (non-hydrogen) atoms. The zero-order chi connectivity index (χ0) is 23.8. The van der Waals surface area contributed by atoms with Crippen LogP contribution < -0.4 is 25.6 Å². The highest BCUT2D eigenvalue weighted by Gasteiger charge is 2.23. The van der Waals surface area contributed by atoms with Gasteiger partial charge in [0, 0.05) is 6.54 Å². The Morgan fingerprint density at radius 1 is 1.09 bits per heavy atom. The van der Waals surface area contributed by atoms with Crippen molar-refractivity contribution < 1.29 is 19.2 Å². The molecule has 0 unspecified atom stereocenters. The van der Waals surface area contributed by atoms with Crippen molar-refractivity contribution in [2.24, 2.45) is 0 Å². The Balaban J connectivity index is 1.69. The van der Waals surface area contributed by atoms with Crippen molar-refractivity contribution in [3.63, 3.8) is 0 Å². The highest BCUT2D eigenvalue weighted by Crippen LogP contribution is 2.30. The summed E-state index contributed by atoms with van der Waals surface area (Å²) in [5.41, 5.74) is 5.56. The first-order valence-corrected chi connectivity index (χ1v) is 10.1. The van der Waals surface area contributed by atoms with Crippen LogP contribution in [-0.4, -0.2) is 41.6 Å². The molecule has 1 amide bonds. The molecule has 1 heterocycles. The van der Waals surface area contributed by atoms with Crippen LogP contribution in [0.1, 0.15) is 15.9 Å². The summed E-state index contributed by atoms with van der Waals surface area (Å²) in [6.45, 7) is 0.346. The van der Waals surface area contributed by atoms with Crippen molar-refractivity contribution in [3.05, 3.63) is 75.1 Å². The van der Waals surface area contributed by atoms with Gasteiger partial charge in [0.25, 0.3) is 5.91 Å². The molecule has 0 spiro atoms. The average molecular weight is 473 g/mol. The van der Waals surface area contributed by atoms with E-state index in [1.54, 1.807) is 38.5 Å². The van der Waals surface area contributed by atoms with Gasteiger partial charge in [-0.1, -0.05) is 29.8 Å². The Morgan fingerprint density at radius 3 is 2.52 bits per heavy atom. The average Bonchev–Trinajstić information content (AvgIpc) is 2.82. The summed E-state index contributed by atoms with van der Waals surface area (Å²) < 4.78 is 10.5. The van der Waals surface area contributed by atoms with Crippen LogP contribution in [0.4, 0.5) is 17.3 Å². The molecule has 0 saturated carbocycles. The number of carbonyl (C=O) groups is 1. The van der Waals surface area contributed by atoms with Crippen LogP contribution in [0.25, 0.3) is 0 Å². The van der Waals surface area contributed by atoms with E-state index in [0.717, 1.165) is 11.9 Å². The zero-order valence-electron chi connectivity index (χ0n) is 17.8. The summed E-state index contributed by atoms with van der Waals surface area (Å²) in [6.07, 6.45) is 1.68. The van der Waals surface area contributed by atoms with Gasteiger partial charge in [-0.15, -0.1) is 0 Å². The van der Waals surface area contributed by atoms with Crippen LogP contribution in [0.3, 0.4) is 0 Å². The number of carbonyl (C=O) groups excluding carboxylic acids is 1. The van der Waals surface area contributed by atoms with E-state index in [1.807, 2.05) is 12.1 Å². The van der Waals surface area contributed by atoms with E-state index in [1.165, 1.54) is 6.07 Å². The van der Waals surface area contributed by atoms with Gasteiger partial charge in [0.2, 0.25) is 11.6 Å². The number of rotatable bonds is 10. The highest BCUT2D eigenvalue weighted by molar-refractivity contribution is 6.33. The van der Waals surface area contributed by atoms with Gasteiger partial charge in [0.05, 0.1) is 29.7 Å². The summed E-state index contributed by atoms with van der Waals surface area (Å²) in [6, 6.07) is 11.9.